The first-order valence-electron chi connectivity index (χ1n) is 8.84. The molecule has 3 aromatic heterocycles. The Morgan fingerprint density at radius 2 is 1.87 bits per heavy atom. The zero-order chi connectivity index (χ0) is 21.4. The second kappa shape index (κ2) is 7.85. The monoisotopic (exact) mass is 442 g/mol. The van der Waals surface area contributed by atoms with Gasteiger partial charge in [0.25, 0.3) is 5.56 Å². The molecule has 0 saturated carbocycles. The lowest BCUT2D eigenvalue weighted by Gasteiger charge is -2.11. The molecule has 152 valence electrons. The smallest absolute Gasteiger partial charge is 0.363 e. The molecule has 3 heterocycles. The van der Waals surface area contributed by atoms with Crippen molar-refractivity contribution in [1.82, 2.24) is 19.2 Å². The number of hydrogen-bond acceptors (Lipinski definition) is 7. The van der Waals surface area contributed by atoms with Crippen LogP contribution >= 0.6 is 22.9 Å². The predicted molar refractivity (Wildman–Crippen MR) is 113 cm³/mol. The normalized spacial score (nSPS) is 11.0. The van der Waals surface area contributed by atoms with Crippen molar-refractivity contribution < 1.29 is 9.53 Å². The maximum Gasteiger partial charge on any atom is 0.363 e. The quantitative estimate of drug-likeness (QED) is 0.451. The van der Waals surface area contributed by atoms with E-state index in [9.17, 15) is 14.4 Å². The largest absolute Gasteiger partial charge is 0.454 e. The van der Waals surface area contributed by atoms with Gasteiger partial charge in [-0.3, -0.25) is 14.0 Å². The summed E-state index contributed by atoms with van der Waals surface area (Å²) in [6.45, 7) is 3.26. The van der Waals surface area contributed by atoms with Crippen LogP contribution < -0.4 is 11.0 Å². The van der Waals surface area contributed by atoms with Gasteiger partial charge in [-0.2, -0.15) is 5.10 Å². The van der Waals surface area contributed by atoms with Crippen molar-refractivity contribution in [3.05, 3.63) is 90.2 Å². The summed E-state index contributed by atoms with van der Waals surface area (Å²) in [7, 11) is 0. The molecule has 0 aliphatic rings. The van der Waals surface area contributed by atoms with Gasteiger partial charge in [-0.05, 0) is 38.1 Å². The topological polar surface area (TPSA) is 95.6 Å². The number of hydrogen-bond donors (Lipinski definition) is 0. The maximum atomic E-state index is 12.5. The third kappa shape index (κ3) is 3.77. The Bertz CT molecular complexity index is 1390. The van der Waals surface area contributed by atoms with Crippen LogP contribution in [0.3, 0.4) is 0 Å². The predicted octanol–water partition coefficient (Wildman–Crippen LogP) is 2.93. The van der Waals surface area contributed by atoms with E-state index in [2.05, 4.69) is 10.1 Å². The zero-order valence-corrected chi connectivity index (χ0v) is 17.5. The van der Waals surface area contributed by atoms with Gasteiger partial charge < -0.3 is 4.74 Å². The van der Waals surface area contributed by atoms with Crippen molar-refractivity contribution >= 4 is 33.9 Å². The van der Waals surface area contributed by atoms with Crippen LogP contribution in [-0.2, 0) is 11.3 Å². The van der Waals surface area contributed by atoms with E-state index >= 15 is 0 Å². The Labute approximate surface area is 179 Å². The fourth-order valence-corrected chi connectivity index (χ4v) is 3.93. The lowest BCUT2D eigenvalue weighted by atomic mass is 10.3. The molecule has 10 heteroatoms. The Balaban J connectivity index is 1.60. The van der Waals surface area contributed by atoms with Crippen LogP contribution in [0.1, 0.15) is 27.6 Å². The van der Waals surface area contributed by atoms with E-state index < -0.39 is 11.4 Å². The highest BCUT2D eigenvalue weighted by atomic mass is 35.5. The molecule has 0 N–H and O–H groups in total. The lowest BCUT2D eigenvalue weighted by molar-refractivity contribution is 0.0456. The average Bonchev–Trinajstić information content (AvgIpc) is 3.08. The highest BCUT2D eigenvalue weighted by molar-refractivity contribution is 7.15. The maximum absolute atomic E-state index is 12.5. The van der Waals surface area contributed by atoms with Gasteiger partial charge in [-0.1, -0.05) is 11.6 Å². The van der Waals surface area contributed by atoms with Crippen molar-refractivity contribution in [1.29, 1.82) is 0 Å². The van der Waals surface area contributed by atoms with Crippen LogP contribution in [0.25, 0.3) is 10.6 Å². The standard InChI is InChI=1S/C20H15ClN4O4S/c1-11-7-16(26)18(23-25(11)15-5-3-13(21)4-6-15)19(28)29-9-14-8-17(27)24-12(2)10-30-20(24)22-14/h3-8,10H,9H2,1-2H3. The number of halogens is 1. The zero-order valence-electron chi connectivity index (χ0n) is 16.0. The van der Waals surface area contributed by atoms with Crippen LogP contribution in [0.2, 0.25) is 5.02 Å². The first-order valence-corrected chi connectivity index (χ1v) is 10.1. The van der Waals surface area contributed by atoms with Gasteiger partial charge in [0.15, 0.2) is 4.96 Å². The van der Waals surface area contributed by atoms with Crippen LogP contribution in [0.4, 0.5) is 0 Å². The third-order valence-corrected chi connectivity index (χ3v) is 5.55. The van der Waals surface area contributed by atoms with E-state index in [1.807, 2.05) is 5.38 Å². The fraction of sp³-hybridized carbons (Fsp3) is 0.150. The van der Waals surface area contributed by atoms with Crippen LogP contribution in [0.15, 0.2) is 51.4 Å². The number of ether oxygens (including phenoxy) is 1. The number of carbonyl (C=O) groups is 1. The summed E-state index contributed by atoms with van der Waals surface area (Å²) in [5.74, 6) is -0.896. The molecule has 0 bridgehead atoms. The molecule has 0 spiro atoms. The highest BCUT2D eigenvalue weighted by Gasteiger charge is 2.18. The van der Waals surface area contributed by atoms with Gasteiger partial charge in [0, 0.05) is 33.9 Å². The van der Waals surface area contributed by atoms with Gasteiger partial charge in [0.1, 0.15) is 6.61 Å². The SMILES string of the molecule is Cc1cc(=O)c(C(=O)OCc2cc(=O)n3c(C)csc3n2)nn1-c1ccc(Cl)cc1. The number of fused-ring (bicyclic) bond motifs is 1. The molecule has 4 aromatic rings. The summed E-state index contributed by atoms with van der Waals surface area (Å²) >= 11 is 7.23. The van der Waals surface area contributed by atoms with E-state index in [0.29, 0.717) is 27.1 Å². The van der Waals surface area contributed by atoms with E-state index in [0.717, 1.165) is 5.69 Å². The molecule has 0 saturated heterocycles. The van der Waals surface area contributed by atoms with E-state index in [-0.39, 0.29) is 17.9 Å². The lowest BCUT2D eigenvalue weighted by Crippen LogP contribution is -2.24. The Morgan fingerprint density at radius 3 is 2.60 bits per heavy atom. The first kappa shape index (κ1) is 20.0. The minimum atomic E-state index is -0.896. The molecule has 0 aliphatic carbocycles. The Kier molecular flexibility index (Phi) is 5.23. The Hall–Kier alpha value is -3.30. The second-order valence-electron chi connectivity index (χ2n) is 6.54. The molecule has 0 atom stereocenters. The summed E-state index contributed by atoms with van der Waals surface area (Å²) in [5, 5.41) is 6.53. The minimum absolute atomic E-state index is 0.253. The minimum Gasteiger partial charge on any atom is -0.454 e. The highest BCUT2D eigenvalue weighted by Crippen LogP contribution is 2.15. The molecule has 1 aromatic carbocycles. The number of aromatic nitrogens is 4. The van der Waals surface area contributed by atoms with Crippen molar-refractivity contribution in [3.63, 3.8) is 0 Å². The van der Waals surface area contributed by atoms with Gasteiger partial charge >= 0.3 is 5.97 Å². The van der Waals surface area contributed by atoms with Gasteiger partial charge in [-0.15, -0.1) is 11.3 Å². The molecule has 4 rings (SSSR count). The number of aryl methyl sites for hydroxylation is 2. The van der Waals surface area contributed by atoms with Crippen LogP contribution in [0.5, 0.6) is 0 Å². The van der Waals surface area contributed by atoms with Crippen molar-refractivity contribution in [2.75, 3.05) is 0 Å². The first-order chi connectivity index (χ1) is 14.3. The van der Waals surface area contributed by atoms with Gasteiger partial charge in [0.05, 0.1) is 11.4 Å². The Morgan fingerprint density at radius 1 is 1.13 bits per heavy atom. The van der Waals surface area contributed by atoms with E-state index in [1.54, 1.807) is 38.1 Å². The molecule has 0 fully saturated rings. The number of thiazole rings is 1. The molecular weight excluding hydrogens is 428 g/mol. The van der Waals surface area contributed by atoms with Gasteiger partial charge in [0.2, 0.25) is 11.1 Å². The third-order valence-electron chi connectivity index (χ3n) is 4.35. The number of nitrogens with zero attached hydrogens (tertiary/aromatic N) is 4. The number of rotatable bonds is 4. The van der Waals surface area contributed by atoms with E-state index in [1.165, 1.54) is 32.6 Å². The molecular formula is C20H15ClN4O4S. The number of carbonyl (C=O) groups excluding carboxylic acids is 1. The summed E-state index contributed by atoms with van der Waals surface area (Å²) < 4.78 is 8.15. The molecule has 0 unspecified atom stereocenters. The molecule has 0 amide bonds. The van der Waals surface area contributed by atoms with Gasteiger partial charge in [-0.25, -0.2) is 14.5 Å². The van der Waals surface area contributed by atoms with Crippen molar-refractivity contribution in [2.24, 2.45) is 0 Å². The number of esters is 1. The molecule has 30 heavy (non-hydrogen) atoms. The van der Waals surface area contributed by atoms with Crippen LogP contribution in [-0.4, -0.2) is 25.1 Å². The summed E-state index contributed by atoms with van der Waals surface area (Å²) in [4.78, 5) is 41.9. The van der Waals surface area contributed by atoms with E-state index in [4.69, 9.17) is 16.3 Å². The molecule has 8 nitrogen and oxygen atoms in total. The average molecular weight is 443 g/mol. The van der Waals surface area contributed by atoms with Crippen LogP contribution in [0, 0.1) is 13.8 Å². The molecule has 0 radical (unpaired) electrons. The summed E-state index contributed by atoms with van der Waals surface area (Å²) in [6, 6.07) is 9.41. The second-order valence-corrected chi connectivity index (χ2v) is 7.82. The summed E-state index contributed by atoms with van der Waals surface area (Å²) in [5.41, 5.74) is 1.08. The number of benzene rings is 1. The summed E-state index contributed by atoms with van der Waals surface area (Å²) in [6.07, 6.45) is 0. The van der Waals surface area contributed by atoms with Crippen molar-refractivity contribution in [2.45, 2.75) is 20.5 Å². The fourth-order valence-electron chi connectivity index (χ4n) is 2.92. The molecule has 0 aliphatic heterocycles. The van der Waals surface area contributed by atoms with Crippen molar-refractivity contribution in [3.8, 4) is 5.69 Å².